The lowest BCUT2D eigenvalue weighted by Gasteiger charge is -2.33. The predicted octanol–water partition coefficient (Wildman–Crippen LogP) is 1.54. The molecule has 1 N–H and O–H groups in total. The minimum absolute atomic E-state index is 0. The number of imidazole rings is 1. The summed E-state index contributed by atoms with van der Waals surface area (Å²) in [6.45, 7) is 4.61. The van der Waals surface area contributed by atoms with Crippen molar-refractivity contribution in [2.75, 3.05) is 19.6 Å². The van der Waals surface area contributed by atoms with Gasteiger partial charge < -0.3 is 14.6 Å². The first kappa shape index (κ1) is 17.8. The Bertz CT molecular complexity index is 568. The van der Waals surface area contributed by atoms with Crippen LogP contribution in [0, 0.1) is 0 Å². The van der Waals surface area contributed by atoms with E-state index in [9.17, 15) is 4.79 Å². The molecule has 2 aromatic rings. The minimum atomic E-state index is 0. The fraction of sp³-hybridized carbons (Fsp3) is 0.429. The second kappa shape index (κ2) is 7.64. The lowest BCUT2D eigenvalue weighted by Crippen LogP contribution is -2.52. The topological polar surface area (TPSA) is 49.6 Å². The highest BCUT2D eigenvalue weighted by atomic mass is 35.5. The number of nitrogens with zero attached hydrogens (tertiary/aromatic N) is 3. The lowest BCUT2D eigenvalue weighted by atomic mass is 10.2. The number of pyridine rings is 1. The normalized spacial score (nSPS) is 18.0. The van der Waals surface area contributed by atoms with Crippen LogP contribution in [0.4, 0.5) is 0 Å². The number of piperazine rings is 1. The van der Waals surface area contributed by atoms with Gasteiger partial charge in [0, 0.05) is 38.1 Å². The quantitative estimate of drug-likeness (QED) is 0.908. The zero-order valence-corrected chi connectivity index (χ0v) is 13.5. The van der Waals surface area contributed by atoms with Crippen LogP contribution in [0.2, 0.25) is 0 Å². The molecule has 5 nitrogen and oxygen atoms in total. The summed E-state index contributed by atoms with van der Waals surface area (Å²) in [4.78, 5) is 18.7. The van der Waals surface area contributed by atoms with E-state index in [2.05, 4.69) is 17.2 Å². The van der Waals surface area contributed by atoms with Crippen molar-refractivity contribution >= 4 is 36.4 Å². The summed E-state index contributed by atoms with van der Waals surface area (Å²) in [6.07, 6.45) is 4.26. The highest BCUT2D eigenvalue weighted by molar-refractivity contribution is 5.85. The standard InChI is InChI=1S/C14H18N4O.2ClH/c1-11-9-15-5-7-18(11)14(19)8-12-10-17-6-3-2-4-13(17)16-12;;/h2-4,6,10-11,15H,5,7-9H2,1H3;2*1H/t11-;;/m0../s1. The van der Waals surface area contributed by atoms with Crippen LogP contribution in [0.15, 0.2) is 30.6 Å². The van der Waals surface area contributed by atoms with E-state index < -0.39 is 0 Å². The molecule has 0 bridgehead atoms. The third-order valence-corrected chi connectivity index (χ3v) is 3.57. The third-order valence-electron chi connectivity index (χ3n) is 3.57. The second-order valence-electron chi connectivity index (χ2n) is 5.02. The van der Waals surface area contributed by atoms with Crippen molar-refractivity contribution in [3.63, 3.8) is 0 Å². The molecule has 1 amide bonds. The summed E-state index contributed by atoms with van der Waals surface area (Å²) in [5.74, 6) is 0.164. The zero-order valence-electron chi connectivity index (χ0n) is 11.9. The Balaban J connectivity index is 0.00000110. The molecule has 1 fully saturated rings. The molecule has 0 radical (unpaired) electrons. The molecule has 0 unspecified atom stereocenters. The van der Waals surface area contributed by atoms with Gasteiger partial charge in [-0.3, -0.25) is 4.79 Å². The first-order valence-corrected chi connectivity index (χ1v) is 6.67. The van der Waals surface area contributed by atoms with Crippen molar-refractivity contribution in [3.8, 4) is 0 Å². The fourth-order valence-corrected chi connectivity index (χ4v) is 2.54. The van der Waals surface area contributed by atoms with Gasteiger partial charge in [0.15, 0.2) is 0 Å². The summed E-state index contributed by atoms with van der Waals surface area (Å²) in [6, 6.07) is 6.12. The van der Waals surface area contributed by atoms with E-state index in [0.29, 0.717) is 6.42 Å². The van der Waals surface area contributed by atoms with Crippen molar-refractivity contribution in [1.82, 2.24) is 19.6 Å². The van der Waals surface area contributed by atoms with Crippen molar-refractivity contribution in [1.29, 1.82) is 0 Å². The van der Waals surface area contributed by atoms with E-state index in [0.717, 1.165) is 31.0 Å². The first-order valence-electron chi connectivity index (χ1n) is 6.67. The number of hydrogen-bond donors (Lipinski definition) is 1. The average molecular weight is 331 g/mol. The Morgan fingerprint density at radius 2 is 2.24 bits per heavy atom. The van der Waals surface area contributed by atoms with Gasteiger partial charge in [-0.05, 0) is 19.1 Å². The molecule has 0 spiro atoms. The fourth-order valence-electron chi connectivity index (χ4n) is 2.54. The Hall–Kier alpha value is -1.30. The van der Waals surface area contributed by atoms with Crippen molar-refractivity contribution in [2.24, 2.45) is 0 Å². The van der Waals surface area contributed by atoms with Gasteiger partial charge in [0.05, 0.1) is 12.1 Å². The van der Waals surface area contributed by atoms with Crippen LogP contribution in [0.1, 0.15) is 12.6 Å². The molecule has 3 rings (SSSR count). The SMILES string of the molecule is C[C@H]1CNCCN1C(=O)Cc1cn2ccccc2n1.Cl.Cl. The van der Waals surface area contributed by atoms with Crippen LogP contribution in [0.3, 0.4) is 0 Å². The molecular weight excluding hydrogens is 311 g/mol. The lowest BCUT2D eigenvalue weighted by molar-refractivity contribution is -0.133. The van der Waals surface area contributed by atoms with E-state index in [-0.39, 0.29) is 36.8 Å². The van der Waals surface area contributed by atoms with E-state index in [4.69, 9.17) is 0 Å². The Labute approximate surface area is 136 Å². The van der Waals surface area contributed by atoms with Gasteiger partial charge in [-0.1, -0.05) is 6.07 Å². The molecule has 2 aromatic heterocycles. The minimum Gasteiger partial charge on any atom is -0.337 e. The molecule has 21 heavy (non-hydrogen) atoms. The molecule has 7 heteroatoms. The van der Waals surface area contributed by atoms with E-state index in [1.165, 1.54) is 0 Å². The molecule has 1 aliphatic heterocycles. The maximum absolute atomic E-state index is 12.3. The third kappa shape index (κ3) is 3.87. The number of nitrogens with one attached hydrogen (secondary N) is 1. The smallest absolute Gasteiger partial charge is 0.228 e. The zero-order chi connectivity index (χ0) is 13.2. The molecule has 0 saturated carbocycles. The van der Waals surface area contributed by atoms with Gasteiger partial charge in [-0.15, -0.1) is 24.8 Å². The summed E-state index contributed by atoms with van der Waals surface area (Å²) in [5, 5.41) is 3.29. The Kier molecular flexibility index (Phi) is 6.45. The van der Waals surface area contributed by atoms with E-state index >= 15 is 0 Å². The molecular formula is C14H20Cl2N4O. The van der Waals surface area contributed by atoms with Gasteiger partial charge >= 0.3 is 0 Å². The highest BCUT2D eigenvalue weighted by Crippen LogP contribution is 2.09. The number of rotatable bonds is 2. The van der Waals surface area contributed by atoms with Crippen LogP contribution in [0.25, 0.3) is 5.65 Å². The number of aromatic nitrogens is 2. The van der Waals surface area contributed by atoms with Gasteiger partial charge in [-0.25, -0.2) is 4.98 Å². The average Bonchev–Trinajstić information content (AvgIpc) is 2.81. The summed E-state index contributed by atoms with van der Waals surface area (Å²) in [7, 11) is 0. The van der Waals surface area contributed by atoms with Crippen molar-refractivity contribution in [3.05, 3.63) is 36.3 Å². The van der Waals surface area contributed by atoms with E-state index in [1.54, 1.807) is 0 Å². The van der Waals surface area contributed by atoms with Crippen molar-refractivity contribution in [2.45, 2.75) is 19.4 Å². The highest BCUT2D eigenvalue weighted by Gasteiger charge is 2.23. The molecule has 0 aliphatic carbocycles. The number of amides is 1. The van der Waals surface area contributed by atoms with Crippen LogP contribution < -0.4 is 5.32 Å². The number of halogens is 2. The van der Waals surface area contributed by atoms with Gasteiger partial charge in [0.1, 0.15) is 5.65 Å². The van der Waals surface area contributed by atoms with Gasteiger partial charge in [0.2, 0.25) is 5.91 Å². The molecule has 1 saturated heterocycles. The predicted molar refractivity (Wildman–Crippen MR) is 87.4 cm³/mol. The summed E-state index contributed by atoms with van der Waals surface area (Å²) < 4.78 is 1.95. The molecule has 0 aromatic carbocycles. The van der Waals surface area contributed by atoms with Gasteiger partial charge in [-0.2, -0.15) is 0 Å². The van der Waals surface area contributed by atoms with Crippen LogP contribution in [-0.4, -0.2) is 45.9 Å². The van der Waals surface area contributed by atoms with Crippen LogP contribution in [-0.2, 0) is 11.2 Å². The summed E-state index contributed by atoms with van der Waals surface area (Å²) >= 11 is 0. The molecule has 3 heterocycles. The Morgan fingerprint density at radius 1 is 1.43 bits per heavy atom. The first-order chi connectivity index (χ1) is 9.24. The van der Waals surface area contributed by atoms with E-state index in [1.807, 2.05) is 39.9 Å². The van der Waals surface area contributed by atoms with Crippen LogP contribution in [0.5, 0.6) is 0 Å². The molecule has 1 aliphatic rings. The Morgan fingerprint density at radius 3 is 2.95 bits per heavy atom. The maximum atomic E-state index is 12.3. The monoisotopic (exact) mass is 330 g/mol. The summed E-state index contributed by atoms with van der Waals surface area (Å²) in [5.41, 5.74) is 1.72. The second-order valence-corrected chi connectivity index (χ2v) is 5.02. The number of carbonyl (C=O) groups excluding carboxylic acids is 1. The number of hydrogen-bond acceptors (Lipinski definition) is 3. The number of fused-ring (bicyclic) bond motifs is 1. The maximum Gasteiger partial charge on any atom is 0.228 e. The molecule has 116 valence electrons. The van der Waals surface area contributed by atoms with Crippen LogP contribution >= 0.6 is 24.8 Å². The van der Waals surface area contributed by atoms with Crippen molar-refractivity contribution < 1.29 is 4.79 Å². The number of carbonyl (C=O) groups is 1. The molecule has 1 atom stereocenters. The largest absolute Gasteiger partial charge is 0.337 e. The van der Waals surface area contributed by atoms with Gasteiger partial charge in [0.25, 0.3) is 0 Å².